The molecule has 2 heterocycles. The minimum Gasteiger partial charge on any atom is -0.367 e. The van der Waals surface area contributed by atoms with E-state index >= 15 is 0 Å². The van der Waals surface area contributed by atoms with E-state index in [2.05, 4.69) is 9.80 Å². The van der Waals surface area contributed by atoms with E-state index in [4.69, 9.17) is 5.73 Å². The predicted molar refractivity (Wildman–Crippen MR) is 66.0 cm³/mol. The van der Waals surface area contributed by atoms with Gasteiger partial charge in [0.15, 0.2) is 0 Å². The molecule has 0 aromatic heterocycles. The van der Waals surface area contributed by atoms with Crippen molar-refractivity contribution in [3.05, 3.63) is 23.7 Å². The number of halogens is 1. The Bertz CT molecular complexity index is 364. The monoisotopic (exact) mass is 237 g/mol. The third-order valence-electron chi connectivity index (χ3n) is 4.17. The fourth-order valence-corrected chi connectivity index (χ4v) is 3.46. The van der Waals surface area contributed by atoms with Crippen LogP contribution in [0.2, 0.25) is 0 Å². The summed E-state index contributed by atoms with van der Waals surface area (Å²) in [7, 11) is 0. The fourth-order valence-electron chi connectivity index (χ4n) is 3.46. The molecule has 1 aliphatic carbocycles. The number of hydrogen-bond acceptors (Lipinski definition) is 3. The van der Waals surface area contributed by atoms with E-state index in [1.54, 1.807) is 6.08 Å². The van der Waals surface area contributed by atoms with Crippen molar-refractivity contribution in [2.75, 3.05) is 26.2 Å². The van der Waals surface area contributed by atoms with Crippen molar-refractivity contribution in [1.29, 1.82) is 0 Å². The summed E-state index contributed by atoms with van der Waals surface area (Å²) in [6.07, 6.45) is 6.88. The molecule has 0 unspecified atom stereocenters. The largest absolute Gasteiger partial charge is 0.367 e. The highest BCUT2D eigenvalue weighted by atomic mass is 19.1. The van der Waals surface area contributed by atoms with Gasteiger partial charge in [0, 0.05) is 32.2 Å². The maximum absolute atomic E-state index is 14.1. The third-order valence-corrected chi connectivity index (χ3v) is 4.17. The van der Waals surface area contributed by atoms with Gasteiger partial charge in [-0.15, -0.1) is 0 Å². The molecule has 0 bridgehead atoms. The smallest absolute Gasteiger partial charge is 0.143 e. The number of nitrogens with zero attached hydrogens (tertiary/aromatic N) is 2. The molecular formula is C13H20FN3. The summed E-state index contributed by atoms with van der Waals surface area (Å²) < 4.78 is 14.1. The topological polar surface area (TPSA) is 32.5 Å². The molecule has 3 rings (SSSR count). The third kappa shape index (κ3) is 1.79. The van der Waals surface area contributed by atoms with E-state index in [0.29, 0.717) is 12.6 Å². The zero-order chi connectivity index (χ0) is 11.8. The van der Waals surface area contributed by atoms with E-state index in [1.165, 1.54) is 12.8 Å². The number of hydrogen-bond donors (Lipinski definition) is 1. The van der Waals surface area contributed by atoms with Gasteiger partial charge in [-0.05, 0) is 25.3 Å². The predicted octanol–water partition coefficient (Wildman–Crippen LogP) is 1.23. The van der Waals surface area contributed by atoms with Gasteiger partial charge >= 0.3 is 0 Å². The van der Waals surface area contributed by atoms with Crippen LogP contribution in [0, 0.1) is 0 Å². The average molecular weight is 237 g/mol. The normalized spacial score (nSPS) is 32.9. The second-order valence-electron chi connectivity index (χ2n) is 5.16. The van der Waals surface area contributed by atoms with Crippen molar-refractivity contribution in [3.8, 4) is 0 Å². The number of fused-ring (bicyclic) bond motifs is 3. The second-order valence-corrected chi connectivity index (χ2v) is 5.16. The minimum absolute atomic E-state index is 0.0325. The van der Waals surface area contributed by atoms with Gasteiger partial charge in [0.25, 0.3) is 0 Å². The lowest BCUT2D eigenvalue weighted by Gasteiger charge is -2.47. The molecule has 0 saturated carbocycles. The number of rotatable bonds is 2. The summed E-state index contributed by atoms with van der Waals surface area (Å²) in [6.45, 7) is 3.60. The van der Waals surface area contributed by atoms with Crippen molar-refractivity contribution in [3.63, 3.8) is 0 Å². The molecule has 2 saturated heterocycles. The van der Waals surface area contributed by atoms with E-state index in [9.17, 15) is 4.39 Å². The van der Waals surface area contributed by atoms with Crippen LogP contribution >= 0.6 is 0 Å². The lowest BCUT2D eigenvalue weighted by molar-refractivity contribution is 0.0915. The Kier molecular flexibility index (Phi) is 2.92. The molecule has 2 fully saturated rings. The molecule has 0 spiro atoms. The van der Waals surface area contributed by atoms with E-state index in [-0.39, 0.29) is 11.9 Å². The van der Waals surface area contributed by atoms with Crippen LogP contribution in [0.4, 0.5) is 4.39 Å². The Morgan fingerprint density at radius 2 is 2.35 bits per heavy atom. The van der Waals surface area contributed by atoms with Gasteiger partial charge in [-0.2, -0.15) is 0 Å². The molecule has 0 radical (unpaired) electrons. The molecule has 2 aliphatic heterocycles. The van der Waals surface area contributed by atoms with Crippen molar-refractivity contribution >= 4 is 0 Å². The van der Waals surface area contributed by atoms with Crippen LogP contribution < -0.4 is 5.73 Å². The van der Waals surface area contributed by atoms with Crippen LogP contribution in [0.15, 0.2) is 23.7 Å². The SMILES string of the molecule is NCCN1C[C@H]2CCCN2C2=C(F)C=CC[C@@H]21. The molecular weight excluding hydrogens is 217 g/mol. The van der Waals surface area contributed by atoms with Crippen LogP contribution in [-0.4, -0.2) is 48.1 Å². The maximum atomic E-state index is 14.1. The molecule has 0 amide bonds. The summed E-state index contributed by atoms with van der Waals surface area (Å²) in [5.41, 5.74) is 6.60. The number of piperazine rings is 1. The van der Waals surface area contributed by atoms with E-state index in [0.717, 1.165) is 31.8 Å². The Morgan fingerprint density at radius 1 is 1.47 bits per heavy atom. The fraction of sp³-hybridized carbons (Fsp3) is 0.692. The first-order valence-corrected chi connectivity index (χ1v) is 6.58. The Morgan fingerprint density at radius 3 is 3.18 bits per heavy atom. The van der Waals surface area contributed by atoms with Crippen LogP contribution in [-0.2, 0) is 0 Å². The summed E-state index contributed by atoms with van der Waals surface area (Å²) in [5.74, 6) is -0.0325. The van der Waals surface area contributed by atoms with Crippen molar-refractivity contribution in [2.24, 2.45) is 5.73 Å². The highest BCUT2D eigenvalue weighted by molar-refractivity contribution is 5.31. The minimum atomic E-state index is -0.0325. The van der Waals surface area contributed by atoms with Crippen molar-refractivity contribution in [2.45, 2.75) is 31.3 Å². The Hall–Kier alpha value is -0.870. The molecule has 4 heteroatoms. The van der Waals surface area contributed by atoms with Gasteiger partial charge in [0.2, 0.25) is 0 Å². The van der Waals surface area contributed by atoms with Crippen LogP contribution in [0.5, 0.6) is 0 Å². The highest BCUT2D eigenvalue weighted by Crippen LogP contribution is 2.37. The van der Waals surface area contributed by atoms with Gasteiger partial charge in [0.1, 0.15) is 5.83 Å². The summed E-state index contributed by atoms with van der Waals surface area (Å²) >= 11 is 0. The van der Waals surface area contributed by atoms with E-state index in [1.807, 2.05) is 6.08 Å². The van der Waals surface area contributed by atoms with Gasteiger partial charge in [0.05, 0.1) is 11.7 Å². The first-order chi connectivity index (χ1) is 8.31. The number of allylic oxidation sites excluding steroid dienone is 2. The molecule has 3 nitrogen and oxygen atoms in total. The molecule has 3 aliphatic rings. The molecule has 2 atom stereocenters. The maximum Gasteiger partial charge on any atom is 0.143 e. The first-order valence-electron chi connectivity index (χ1n) is 6.58. The molecule has 0 aromatic carbocycles. The molecule has 0 aromatic rings. The van der Waals surface area contributed by atoms with Gasteiger partial charge in [-0.3, -0.25) is 4.90 Å². The molecule has 17 heavy (non-hydrogen) atoms. The van der Waals surface area contributed by atoms with Crippen LogP contribution in [0.1, 0.15) is 19.3 Å². The van der Waals surface area contributed by atoms with Gasteiger partial charge < -0.3 is 10.6 Å². The molecule has 94 valence electrons. The van der Waals surface area contributed by atoms with Gasteiger partial charge in [-0.1, -0.05) is 6.08 Å². The zero-order valence-corrected chi connectivity index (χ0v) is 10.1. The first kappa shape index (κ1) is 11.2. The second kappa shape index (κ2) is 4.42. The van der Waals surface area contributed by atoms with Crippen LogP contribution in [0.25, 0.3) is 0 Å². The standard InChI is InChI=1S/C13H20FN3/c14-11-4-1-5-12-13(11)17-7-2-3-10(17)9-16(12)8-6-15/h1,4,10,12H,2-3,5-9,15H2/t10-,12+/m1/s1. The Balaban J connectivity index is 1.93. The molecule has 2 N–H and O–H groups in total. The quantitative estimate of drug-likeness (QED) is 0.784. The average Bonchev–Trinajstić information content (AvgIpc) is 2.77. The summed E-state index contributed by atoms with van der Waals surface area (Å²) in [4.78, 5) is 4.67. The Labute approximate surface area is 102 Å². The van der Waals surface area contributed by atoms with Gasteiger partial charge in [-0.25, -0.2) is 4.39 Å². The zero-order valence-electron chi connectivity index (χ0n) is 10.1. The number of nitrogens with two attached hydrogens (primary N) is 1. The van der Waals surface area contributed by atoms with Crippen molar-refractivity contribution in [1.82, 2.24) is 9.80 Å². The van der Waals surface area contributed by atoms with Crippen LogP contribution in [0.3, 0.4) is 0 Å². The highest BCUT2D eigenvalue weighted by Gasteiger charge is 2.41. The van der Waals surface area contributed by atoms with E-state index < -0.39 is 0 Å². The lowest BCUT2D eigenvalue weighted by Crippen LogP contribution is -2.56. The summed E-state index contributed by atoms with van der Waals surface area (Å²) in [5, 5.41) is 0. The lowest BCUT2D eigenvalue weighted by atomic mass is 9.96. The van der Waals surface area contributed by atoms with Crippen molar-refractivity contribution < 1.29 is 4.39 Å². The summed E-state index contributed by atoms with van der Waals surface area (Å²) in [6, 6.07) is 0.725.